The third kappa shape index (κ3) is 2.66. The highest BCUT2D eigenvalue weighted by molar-refractivity contribution is 7.88. The van der Waals surface area contributed by atoms with Crippen LogP contribution in [0.15, 0.2) is 18.6 Å². The molecule has 5 heterocycles. The molecule has 9 nitrogen and oxygen atoms in total. The van der Waals surface area contributed by atoms with E-state index in [1.54, 1.807) is 23.2 Å². The Kier molecular flexibility index (Phi) is 3.85. The van der Waals surface area contributed by atoms with E-state index in [1.165, 1.54) is 6.26 Å². The van der Waals surface area contributed by atoms with Crippen molar-refractivity contribution in [2.45, 2.75) is 24.5 Å². The number of carbonyl (C=O) groups excluding carboxylic acids is 1. The molecular formula is C18H23N5O4S. The third-order valence-corrected chi connectivity index (χ3v) is 7.17. The molecule has 150 valence electrons. The number of ether oxygens (including phenoxy) is 1. The lowest BCUT2D eigenvalue weighted by Crippen LogP contribution is -2.41. The van der Waals surface area contributed by atoms with Crippen molar-refractivity contribution in [3.05, 3.63) is 24.2 Å². The van der Waals surface area contributed by atoms with E-state index in [0.29, 0.717) is 36.4 Å². The van der Waals surface area contributed by atoms with E-state index in [4.69, 9.17) is 4.74 Å². The number of hydrogen-bond donors (Lipinski definition) is 1. The number of nitrogens with zero attached hydrogens (tertiary/aromatic N) is 4. The first-order valence-electron chi connectivity index (χ1n) is 9.45. The van der Waals surface area contributed by atoms with Gasteiger partial charge in [-0.15, -0.1) is 0 Å². The van der Waals surface area contributed by atoms with Crippen LogP contribution in [0.5, 0.6) is 0 Å². The average Bonchev–Trinajstić information content (AvgIpc) is 3.38. The molecule has 3 aliphatic rings. The second-order valence-electron chi connectivity index (χ2n) is 8.22. The van der Waals surface area contributed by atoms with Crippen molar-refractivity contribution in [2.75, 3.05) is 25.9 Å². The summed E-state index contributed by atoms with van der Waals surface area (Å²) in [5.41, 5.74) is 1.48. The molecule has 1 N–H and O–H groups in total. The van der Waals surface area contributed by atoms with Crippen molar-refractivity contribution in [1.82, 2.24) is 24.2 Å². The second kappa shape index (κ2) is 5.98. The zero-order chi connectivity index (χ0) is 19.7. The number of sulfonamides is 1. The van der Waals surface area contributed by atoms with Gasteiger partial charge in [0.05, 0.1) is 36.4 Å². The van der Waals surface area contributed by atoms with E-state index in [9.17, 15) is 13.2 Å². The molecule has 0 unspecified atom stereocenters. The van der Waals surface area contributed by atoms with Crippen LogP contribution in [-0.2, 0) is 21.8 Å². The van der Waals surface area contributed by atoms with E-state index >= 15 is 0 Å². The number of imidazole rings is 1. The fraction of sp³-hybridized carbons (Fsp3) is 0.611. The van der Waals surface area contributed by atoms with Crippen LogP contribution in [0, 0.1) is 11.8 Å². The van der Waals surface area contributed by atoms with Crippen LogP contribution in [0.4, 0.5) is 0 Å². The maximum absolute atomic E-state index is 13.3. The van der Waals surface area contributed by atoms with Gasteiger partial charge >= 0.3 is 0 Å². The minimum absolute atomic E-state index is 0.0694. The number of amides is 1. The van der Waals surface area contributed by atoms with Crippen LogP contribution in [0.3, 0.4) is 0 Å². The van der Waals surface area contributed by atoms with Crippen molar-refractivity contribution in [3.8, 4) is 0 Å². The maximum Gasteiger partial charge on any atom is 0.256 e. The first-order chi connectivity index (χ1) is 13.3. The van der Waals surface area contributed by atoms with Gasteiger partial charge in [0.15, 0.2) is 5.65 Å². The van der Waals surface area contributed by atoms with Crippen LogP contribution in [-0.4, -0.2) is 71.4 Å². The van der Waals surface area contributed by atoms with Gasteiger partial charge in [-0.1, -0.05) is 0 Å². The molecule has 2 bridgehead atoms. The minimum Gasteiger partial charge on any atom is -0.369 e. The van der Waals surface area contributed by atoms with Gasteiger partial charge in [0.1, 0.15) is 5.52 Å². The Bertz CT molecular complexity index is 1070. The molecule has 0 radical (unpaired) electrons. The lowest BCUT2D eigenvalue weighted by molar-refractivity contribution is 0.00327. The van der Waals surface area contributed by atoms with Crippen molar-refractivity contribution < 1.29 is 17.9 Å². The molecule has 2 aromatic heterocycles. The molecule has 0 aromatic carbocycles. The summed E-state index contributed by atoms with van der Waals surface area (Å²) in [4.78, 5) is 23.8. The van der Waals surface area contributed by atoms with Gasteiger partial charge in [-0.3, -0.25) is 4.79 Å². The zero-order valence-corrected chi connectivity index (χ0v) is 16.6. The van der Waals surface area contributed by atoms with Crippen molar-refractivity contribution in [3.63, 3.8) is 0 Å². The van der Waals surface area contributed by atoms with E-state index < -0.39 is 10.0 Å². The van der Waals surface area contributed by atoms with E-state index in [0.717, 1.165) is 12.8 Å². The van der Waals surface area contributed by atoms with Gasteiger partial charge in [-0.05, 0) is 18.9 Å². The Balaban J connectivity index is 1.41. The molecule has 3 saturated heterocycles. The molecular weight excluding hydrogens is 382 g/mol. The predicted octanol–water partition coefficient (Wildman–Crippen LogP) is 0.137. The Morgan fingerprint density at radius 1 is 1.43 bits per heavy atom. The van der Waals surface area contributed by atoms with Gasteiger partial charge in [0, 0.05) is 38.2 Å². The highest BCUT2D eigenvalue weighted by Crippen LogP contribution is 2.54. The molecule has 0 aliphatic carbocycles. The van der Waals surface area contributed by atoms with Crippen molar-refractivity contribution in [2.24, 2.45) is 18.9 Å². The maximum atomic E-state index is 13.3. The molecule has 28 heavy (non-hydrogen) atoms. The zero-order valence-electron chi connectivity index (χ0n) is 15.8. The monoisotopic (exact) mass is 405 g/mol. The summed E-state index contributed by atoms with van der Waals surface area (Å²) in [5.74, 6) is 0.163. The number of carbonyl (C=O) groups is 1. The first kappa shape index (κ1) is 18.0. The molecule has 1 amide bonds. The minimum atomic E-state index is -3.26. The smallest absolute Gasteiger partial charge is 0.256 e. The van der Waals surface area contributed by atoms with Crippen LogP contribution < -0.4 is 4.72 Å². The quantitative estimate of drug-likeness (QED) is 0.775. The molecule has 4 atom stereocenters. The van der Waals surface area contributed by atoms with Crippen molar-refractivity contribution >= 4 is 27.1 Å². The second-order valence-corrected chi connectivity index (χ2v) is 10.1. The normalized spacial score (nSPS) is 31.6. The van der Waals surface area contributed by atoms with Crippen LogP contribution in [0.1, 0.15) is 23.2 Å². The Morgan fingerprint density at radius 3 is 3.04 bits per heavy atom. The van der Waals surface area contributed by atoms with Crippen LogP contribution >= 0.6 is 0 Å². The summed E-state index contributed by atoms with van der Waals surface area (Å²) in [5, 5.41) is 0. The van der Waals surface area contributed by atoms with Crippen LogP contribution in [0.25, 0.3) is 11.2 Å². The number of aromatic nitrogens is 3. The third-order valence-electron chi connectivity index (χ3n) is 6.48. The van der Waals surface area contributed by atoms with E-state index in [-0.39, 0.29) is 29.4 Å². The summed E-state index contributed by atoms with van der Waals surface area (Å²) >= 11 is 0. The summed E-state index contributed by atoms with van der Waals surface area (Å²) in [6.07, 6.45) is 6.35. The lowest BCUT2D eigenvalue weighted by Gasteiger charge is -2.29. The first-order valence-corrected chi connectivity index (χ1v) is 11.3. The molecule has 5 rings (SSSR count). The fourth-order valence-corrected chi connectivity index (χ4v) is 5.73. The standard InChI is InChI=1S/C18H23N5O4S/c1-22-10-20-15-11(4-6-19-16(15)22)17(24)23-8-13-12(7-21-28(2,25)26)14-3-5-18(13,9-23)27-14/h4,6,10,12-14,21H,3,5,7-9H2,1-2H3/t12-,13+,14+,18+/m0/s1. The summed E-state index contributed by atoms with van der Waals surface area (Å²) < 4.78 is 33.8. The number of fused-ring (bicyclic) bond motifs is 2. The summed E-state index contributed by atoms with van der Waals surface area (Å²) in [6.45, 7) is 1.47. The molecule has 10 heteroatoms. The lowest BCUT2D eigenvalue weighted by atomic mass is 9.74. The van der Waals surface area contributed by atoms with Gasteiger partial charge in [-0.25, -0.2) is 23.1 Å². The molecule has 0 saturated carbocycles. The molecule has 3 fully saturated rings. The Hall–Kier alpha value is -2.04. The largest absolute Gasteiger partial charge is 0.369 e. The summed E-state index contributed by atoms with van der Waals surface area (Å²) in [6, 6.07) is 1.71. The highest BCUT2D eigenvalue weighted by atomic mass is 32.2. The van der Waals surface area contributed by atoms with E-state index in [1.807, 2.05) is 11.9 Å². The fourth-order valence-electron chi connectivity index (χ4n) is 5.24. The average molecular weight is 405 g/mol. The van der Waals surface area contributed by atoms with Gasteiger partial charge in [-0.2, -0.15) is 0 Å². The SMILES string of the molecule is Cn1cnc2c(C(=O)N3C[C@@H]4[C@H](CNS(C)(=O)=O)[C@H]5CC[C@]4(C3)O5)ccnc21. The number of aryl methyl sites for hydroxylation is 1. The highest BCUT2D eigenvalue weighted by Gasteiger charge is 2.63. The molecule has 2 aromatic rings. The van der Waals surface area contributed by atoms with Gasteiger partial charge in [0.2, 0.25) is 10.0 Å². The molecule has 3 aliphatic heterocycles. The predicted molar refractivity (Wildman–Crippen MR) is 101 cm³/mol. The number of rotatable bonds is 4. The summed E-state index contributed by atoms with van der Waals surface area (Å²) in [7, 11) is -1.41. The van der Waals surface area contributed by atoms with E-state index in [2.05, 4.69) is 14.7 Å². The van der Waals surface area contributed by atoms with Crippen LogP contribution in [0.2, 0.25) is 0 Å². The number of nitrogens with one attached hydrogen (secondary N) is 1. The topological polar surface area (TPSA) is 106 Å². The number of pyridine rings is 1. The Morgan fingerprint density at radius 2 is 2.25 bits per heavy atom. The number of hydrogen-bond acceptors (Lipinski definition) is 6. The van der Waals surface area contributed by atoms with Gasteiger partial charge in [0.25, 0.3) is 5.91 Å². The number of likely N-dealkylation sites (tertiary alicyclic amines) is 1. The Labute approximate surface area is 163 Å². The van der Waals surface area contributed by atoms with Gasteiger partial charge < -0.3 is 14.2 Å². The molecule has 1 spiro atoms. The van der Waals surface area contributed by atoms with Crippen molar-refractivity contribution in [1.29, 1.82) is 0 Å².